The average Bonchev–Trinajstić information content (AvgIpc) is 2.94. The first-order chi connectivity index (χ1) is 10.2. The highest BCUT2D eigenvalue weighted by Crippen LogP contribution is 2.34. The van der Waals surface area contributed by atoms with Crippen molar-refractivity contribution in [2.45, 2.75) is 31.8 Å². The topological polar surface area (TPSA) is 29.5 Å². The minimum Gasteiger partial charge on any atom is -0.496 e. The molecule has 0 aliphatic heterocycles. The molecule has 0 saturated carbocycles. The maximum Gasteiger partial charge on any atom is 0.126 e. The van der Waals surface area contributed by atoms with E-state index >= 15 is 0 Å². The van der Waals surface area contributed by atoms with Gasteiger partial charge in [0.1, 0.15) is 5.75 Å². The number of methoxy groups -OCH3 is 1. The van der Waals surface area contributed by atoms with Crippen LogP contribution >= 0.6 is 11.6 Å². The lowest BCUT2D eigenvalue weighted by molar-refractivity contribution is 0.174. The van der Waals surface area contributed by atoms with E-state index in [-0.39, 0.29) is 0 Å². The molecule has 0 radical (unpaired) electrons. The number of rotatable bonds is 4. The van der Waals surface area contributed by atoms with Gasteiger partial charge >= 0.3 is 0 Å². The fourth-order valence-electron chi connectivity index (χ4n) is 3.10. The molecule has 1 atom stereocenters. The Morgan fingerprint density at radius 3 is 2.81 bits per heavy atom. The predicted octanol–water partition coefficient (Wildman–Crippen LogP) is 4.11. The maximum absolute atomic E-state index is 10.6. The smallest absolute Gasteiger partial charge is 0.126 e. The van der Waals surface area contributed by atoms with Crippen molar-refractivity contribution >= 4 is 11.6 Å². The molecule has 1 aliphatic carbocycles. The Morgan fingerprint density at radius 1 is 1.19 bits per heavy atom. The van der Waals surface area contributed by atoms with E-state index in [9.17, 15) is 5.11 Å². The zero-order valence-corrected chi connectivity index (χ0v) is 12.9. The Morgan fingerprint density at radius 2 is 2.00 bits per heavy atom. The van der Waals surface area contributed by atoms with E-state index in [2.05, 4.69) is 18.2 Å². The van der Waals surface area contributed by atoms with Crippen LogP contribution < -0.4 is 4.74 Å². The van der Waals surface area contributed by atoms with Crippen LogP contribution in [0.5, 0.6) is 5.75 Å². The van der Waals surface area contributed by atoms with Crippen LogP contribution in [0.1, 0.15) is 34.8 Å². The molecular weight excluding hydrogens is 284 g/mol. The Bertz CT molecular complexity index is 652. The van der Waals surface area contributed by atoms with Gasteiger partial charge in [-0.1, -0.05) is 35.9 Å². The number of aryl methyl sites for hydroxylation is 2. The van der Waals surface area contributed by atoms with Crippen LogP contribution in [0.4, 0.5) is 0 Å². The molecule has 21 heavy (non-hydrogen) atoms. The molecule has 0 bridgehead atoms. The summed E-state index contributed by atoms with van der Waals surface area (Å²) in [5.74, 6) is 0.635. The Balaban J connectivity index is 1.85. The number of aliphatic hydroxyl groups is 1. The van der Waals surface area contributed by atoms with Gasteiger partial charge < -0.3 is 9.84 Å². The summed E-state index contributed by atoms with van der Waals surface area (Å²) >= 11 is 6.22. The lowest BCUT2D eigenvalue weighted by Crippen LogP contribution is -2.05. The molecule has 2 nitrogen and oxygen atoms in total. The SMILES string of the molecule is COc1cccc(Cl)c1C(O)Cc1ccc2c(c1)CCC2. The third-order valence-corrected chi connectivity index (χ3v) is 4.49. The van der Waals surface area contributed by atoms with Crippen molar-refractivity contribution in [1.82, 2.24) is 0 Å². The summed E-state index contributed by atoms with van der Waals surface area (Å²) in [4.78, 5) is 0. The third-order valence-electron chi connectivity index (χ3n) is 4.16. The van der Waals surface area contributed by atoms with Crippen molar-refractivity contribution in [2.75, 3.05) is 7.11 Å². The van der Waals surface area contributed by atoms with Crippen molar-refractivity contribution < 1.29 is 9.84 Å². The van der Waals surface area contributed by atoms with E-state index in [1.807, 2.05) is 12.1 Å². The zero-order valence-electron chi connectivity index (χ0n) is 12.1. The van der Waals surface area contributed by atoms with E-state index in [0.29, 0.717) is 22.8 Å². The fourth-order valence-corrected chi connectivity index (χ4v) is 3.39. The van der Waals surface area contributed by atoms with Crippen molar-refractivity contribution in [3.05, 3.63) is 63.7 Å². The predicted molar refractivity (Wildman–Crippen MR) is 85.1 cm³/mol. The highest BCUT2D eigenvalue weighted by atomic mass is 35.5. The lowest BCUT2D eigenvalue weighted by atomic mass is 9.98. The molecule has 3 rings (SSSR count). The van der Waals surface area contributed by atoms with Crippen LogP contribution in [0.2, 0.25) is 5.02 Å². The molecule has 0 amide bonds. The van der Waals surface area contributed by atoms with E-state index < -0.39 is 6.10 Å². The molecular formula is C18H19ClO2. The molecule has 0 heterocycles. The second kappa shape index (κ2) is 6.08. The number of aliphatic hydroxyl groups excluding tert-OH is 1. The standard InChI is InChI=1S/C18H19ClO2/c1-21-17-7-3-6-15(19)18(17)16(20)11-12-8-9-13-4-2-5-14(13)10-12/h3,6-10,16,20H,2,4-5,11H2,1H3. The van der Waals surface area contributed by atoms with Crippen LogP contribution in [0.25, 0.3) is 0 Å². The number of benzene rings is 2. The first-order valence-electron chi connectivity index (χ1n) is 7.30. The summed E-state index contributed by atoms with van der Waals surface area (Å²) in [7, 11) is 1.59. The van der Waals surface area contributed by atoms with Crippen LogP contribution in [-0.2, 0) is 19.3 Å². The maximum atomic E-state index is 10.6. The van der Waals surface area contributed by atoms with Gasteiger partial charge in [-0.15, -0.1) is 0 Å². The normalized spacial score (nSPS) is 14.8. The van der Waals surface area contributed by atoms with Gasteiger partial charge in [-0.05, 0) is 48.1 Å². The third kappa shape index (κ3) is 2.92. The van der Waals surface area contributed by atoms with E-state index in [1.165, 1.54) is 24.0 Å². The van der Waals surface area contributed by atoms with E-state index in [0.717, 1.165) is 12.0 Å². The summed E-state index contributed by atoms with van der Waals surface area (Å²) in [6.07, 6.45) is 3.45. The number of hydrogen-bond donors (Lipinski definition) is 1. The molecule has 1 N–H and O–H groups in total. The highest BCUT2D eigenvalue weighted by Gasteiger charge is 2.18. The number of ether oxygens (including phenoxy) is 1. The minimum absolute atomic E-state index is 0.544. The molecule has 1 aliphatic rings. The van der Waals surface area contributed by atoms with Crippen molar-refractivity contribution in [3.63, 3.8) is 0 Å². The fraction of sp³-hybridized carbons (Fsp3) is 0.333. The molecule has 0 aromatic heterocycles. The first-order valence-corrected chi connectivity index (χ1v) is 7.68. The van der Waals surface area contributed by atoms with Crippen LogP contribution in [0.3, 0.4) is 0 Å². The Hall–Kier alpha value is -1.51. The quantitative estimate of drug-likeness (QED) is 0.921. The number of fused-ring (bicyclic) bond motifs is 1. The van der Waals surface area contributed by atoms with Gasteiger partial charge in [0.05, 0.1) is 18.2 Å². The van der Waals surface area contributed by atoms with Crippen molar-refractivity contribution in [2.24, 2.45) is 0 Å². The van der Waals surface area contributed by atoms with Crippen LogP contribution in [0.15, 0.2) is 36.4 Å². The molecule has 2 aromatic carbocycles. The molecule has 0 fully saturated rings. The summed E-state index contributed by atoms with van der Waals surface area (Å²) in [5, 5.41) is 11.1. The van der Waals surface area contributed by atoms with Gasteiger partial charge in [0.2, 0.25) is 0 Å². The molecule has 2 aromatic rings. The van der Waals surface area contributed by atoms with Gasteiger partial charge in [-0.25, -0.2) is 0 Å². The number of hydrogen-bond acceptors (Lipinski definition) is 2. The first kappa shape index (κ1) is 14.4. The van der Waals surface area contributed by atoms with Gasteiger partial charge in [0, 0.05) is 12.0 Å². The summed E-state index contributed by atoms with van der Waals surface area (Å²) in [5.41, 5.74) is 4.68. The van der Waals surface area contributed by atoms with Crippen LogP contribution in [-0.4, -0.2) is 12.2 Å². The molecule has 1 unspecified atom stereocenters. The summed E-state index contributed by atoms with van der Waals surface area (Å²) in [6, 6.07) is 11.9. The monoisotopic (exact) mass is 302 g/mol. The summed E-state index contributed by atoms with van der Waals surface area (Å²) < 4.78 is 5.31. The molecule has 0 saturated heterocycles. The highest BCUT2D eigenvalue weighted by molar-refractivity contribution is 6.31. The summed E-state index contributed by atoms with van der Waals surface area (Å²) in [6.45, 7) is 0. The second-order valence-electron chi connectivity index (χ2n) is 5.53. The molecule has 0 spiro atoms. The van der Waals surface area contributed by atoms with E-state index in [4.69, 9.17) is 16.3 Å². The lowest BCUT2D eigenvalue weighted by Gasteiger charge is -2.17. The largest absolute Gasteiger partial charge is 0.496 e. The molecule has 3 heteroatoms. The Kier molecular flexibility index (Phi) is 4.18. The van der Waals surface area contributed by atoms with Gasteiger partial charge in [-0.2, -0.15) is 0 Å². The molecule has 110 valence electrons. The number of halogens is 1. The Labute approximate surface area is 130 Å². The van der Waals surface area contributed by atoms with Gasteiger partial charge in [-0.3, -0.25) is 0 Å². The van der Waals surface area contributed by atoms with Gasteiger partial charge in [0.25, 0.3) is 0 Å². The van der Waals surface area contributed by atoms with Crippen LogP contribution in [0, 0.1) is 0 Å². The average molecular weight is 303 g/mol. The second-order valence-corrected chi connectivity index (χ2v) is 5.94. The zero-order chi connectivity index (χ0) is 14.8. The van der Waals surface area contributed by atoms with Crippen molar-refractivity contribution in [1.29, 1.82) is 0 Å². The minimum atomic E-state index is -0.659. The van der Waals surface area contributed by atoms with E-state index in [1.54, 1.807) is 13.2 Å². The van der Waals surface area contributed by atoms with Gasteiger partial charge in [0.15, 0.2) is 0 Å². The van der Waals surface area contributed by atoms with Crippen molar-refractivity contribution in [3.8, 4) is 5.75 Å².